The SMILES string of the molecule is CC(C)Cc1cc(Cl)ccc1C(=O)NCCN1CCOCC1. The first-order valence-corrected chi connectivity index (χ1v) is 8.31. The maximum absolute atomic E-state index is 12.4. The summed E-state index contributed by atoms with van der Waals surface area (Å²) in [6, 6.07) is 5.50. The van der Waals surface area contributed by atoms with E-state index in [1.807, 2.05) is 12.1 Å². The minimum atomic E-state index is -0.0134. The molecule has 1 aromatic rings. The quantitative estimate of drug-likeness (QED) is 0.874. The van der Waals surface area contributed by atoms with Crippen LogP contribution in [-0.4, -0.2) is 50.2 Å². The monoisotopic (exact) mass is 324 g/mol. The minimum absolute atomic E-state index is 0.0134. The lowest BCUT2D eigenvalue weighted by molar-refractivity contribution is 0.0383. The molecule has 5 heteroatoms. The molecule has 4 nitrogen and oxygen atoms in total. The molecule has 0 radical (unpaired) electrons. The van der Waals surface area contributed by atoms with E-state index in [0.29, 0.717) is 17.5 Å². The third-order valence-electron chi connectivity index (χ3n) is 3.76. The van der Waals surface area contributed by atoms with Crippen LogP contribution in [0.4, 0.5) is 0 Å². The second-order valence-electron chi connectivity index (χ2n) is 6.11. The van der Waals surface area contributed by atoms with E-state index in [9.17, 15) is 4.79 Å². The van der Waals surface area contributed by atoms with Crippen molar-refractivity contribution < 1.29 is 9.53 Å². The van der Waals surface area contributed by atoms with Gasteiger partial charge in [-0.1, -0.05) is 25.4 Å². The van der Waals surface area contributed by atoms with Crippen LogP contribution in [0.2, 0.25) is 5.02 Å². The first-order chi connectivity index (χ1) is 10.6. The van der Waals surface area contributed by atoms with Crippen molar-refractivity contribution in [3.63, 3.8) is 0 Å². The standard InChI is InChI=1S/C17H25ClN2O2/c1-13(2)11-14-12-15(18)3-4-16(14)17(21)19-5-6-20-7-9-22-10-8-20/h3-4,12-13H,5-11H2,1-2H3,(H,19,21). The van der Waals surface area contributed by atoms with E-state index in [4.69, 9.17) is 16.3 Å². The number of nitrogens with zero attached hydrogens (tertiary/aromatic N) is 1. The van der Waals surface area contributed by atoms with Crippen LogP contribution in [0.15, 0.2) is 18.2 Å². The second-order valence-corrected chi connectivity index (χ2v) is 6.55. The Kier molecular flexibility index (Phi) is 6.68. The molecule has 1 heterocycles. The molecule has 0 aromatic heterocycles. The highest BCUT2D eigenvalue weighted by molar-refractivity contribution is 6.30. The van der Waals surface area contributed by atoms with Gasteiger partial charge < -0.3 is 10.1 Å². The van der Waals surface area contributed by atoms with Gasteiger partial charge in [-0.25, -0.2) is 0 Å². The Labute approximate surface area is 137 Å². The normalized spacial score (nSPS) is 16.0. The van der Waals surface area contributed by atoms with Crippen molar-refractivity contribution in [2.45, 2.75) is 20.3 Å². The molecule has 0 unspecified atom stereocenters. The summed E-state index contributed by atoms with van der Waals surface area (Å²) in [5, 5.41) is 3.70. The van der Waals surface area contributed by atoms with E-state index in [0.717, 1.165) is 50.4 Å². The molecule has 1 fully saturated rings. The Morgan fingerprint density at radius 3 is 2.77 bits per heavy atom. The van der Waals surface area contributed by atoms with E-state index >= 15 is 0 Å². The maximum atomic E-state index is 12.4. The Bertz CT molecular complexity index is 499. The summed E-state index contributed by atoms with van der Waals surface area (Å²) in [5.74, 6) is 0.471. The highest BCUT2D eigenvalue weighted by Crippen LogP contribution is 2.19. The molecule has 0 aliphatic carbocycles. The number of hydrogen-bond donors (Lipinski definition) is 1. The second kappa shape index (κ2) is 8.51. The highest BCUT2D eigenvalue weighted by Gasteiger charge is 2.14. The van der Waals surface area contributed by atoms with Gasteiger partial charge in [0.15, 0.2) is 0 Å². The zero-order valence-corrected chi connectivity index (χ0v) is 14.2. The molecule has 0 bridgehead atoms. The van der Waals surface area contributed by atoms with Crippen LogP contribution in [0.1, 0.15) is 29.8 Å². The van der Waals surface area contributed by atoms with Crippen molar-refractivity contribution in [1.29, 1.82) is 0 Å². The highest BCUT2D eigenvalue weighted by atomic mass is 35.5. The van der Waals surface area contributed by atoms with E-state index in [2.05, 4.69) is 24.1 Å². The van der Waals surface area contributed by atoms with Crippen LogP contribution in [0.3, 0.4) is 0 Å². The smallest absolute Gasteiger partial charge is 0.251 e. The van der Waals surface area contributed by atoms with E-state index in [-0.39, 0.29) is 5.91 Å². The Morgan fingerprint density at radius 2 is 2.09 bits per heavy atom. The molecule has 122 valence electrons. The van der Waals surface area contributed by atoms with Gasteiger partial charge in [0.1, 0.15) is 0 Å². The van der Waals surface area contributed by atoms with Crippen molar-refractivity contribution in [2.24, 2.45) is 5.92 Å². The number of nitrogens with one attached hydrogen (secondary N) is 1. The molecular weight excluding hydrogens is 300 g/mol. The van der Waals surface area contributed by atoms with Crippen molar-refractivity contribution in [3.05, 3.63) is 34.3 Å². The molecule has 0 saturated carbocycles. The van der Waals surface area contributed by atoms with Crippen molar-refractivity contribution in [1.82, 2.24) is 10.2 Å². The third kappa shape index (κ3) is 5.27. The van der Waals surface area contributed by atoms with Crippen LogP contribution < -0.4 is 5.32 Å². The van der Waals surface area contributed by atoms with Gasteiger partial charge in [-0.2, -0.15) is 0 Å². The van der Waals surface area contributed by atoms with Gasteiger partial charge in [0.25, 0.3) is 5.91 Å². The Morgan fingerprint density at radius 1 is 1.36 bits per heavy atom. The Balaban J connectivity index is 1.90. The summed E-state index contributed by atoms with van der Waals surface area (Å²) >= 11 is 6.06. The van der Waals surface area contributed by atoms with Gasteiger partial charge in [-0.3, -0.25) is 9.69 Å². The van der Waals surface area contributed by atoms with Gasteiger partial charge in [0.05, 0.1) is 13.2 Å². The van der Waals surface area contributed by atoms with Crippen LogP contribution in [0.5, 0.6) is 0 Å². The van der Waals surface area contributed by atoms with Gasteiger partial charge in [-0.05, 0) is 36.1 Å². The zero-order chi connectivity index (χ0) is 15.9. The molecule has 1 N–H and O–H groups in total. The number of rotatable bonds is 6. The zero-order valence-electron chi connectivity index (χ0n) is 13.4. The van der Waals surface area contributed by atoms with Gasteiger partial charge in [0, 0.05) is 36.8 Å². The first-order valence-electron chi connectivity index (χ1n) is 7.93. The van der Waals surface area contributed by atoms with Crippen molar-refractivity contribution in [3.8, 4) is 0 Å². The third-order valence-corrected chi connectivity index (χ3v) is 3.99. The summed E-state index contributed by atoms with van der Waals surface area (Å²) in [6.45, 7) is 9.24. The van der Waals surface area contributed by atoms with Crippen LogP contribution in [0.25, 0.3) is 0 Å². The number of amides is 1. The molecule has 1 saturated heterocycles. The predicted molar refractivity (Wildman–Crippen MR) is 89.6 cm³/mol. The molecule has 1 aromatic carbocycles. The van der Waals surface area contributed by atoms with Gasteiger partial charge >= 0.3 is 0 Å². The van der Waals surface area contributed by atoms with E-state index < -0.39 is 0 Å². The van der Waals surface area contributed by atoms with Crippen molar-refractivity contribution >= 4 is 17.5 Å². The summed E-state index contributed by atoms with van der Waals surface area (Å²) in [5.41, 5.74) is 1.76. The van der Waals surface area contributed by atoms with E-state index in [1.165, 1.54) is 0 Å². The number of carbonyl (C=O) groups is 1. The largest absolute Gasteiger partial charge is 0.379 e. The Hall–Kier alpha value is -1.10. The fraction of sp³-hybridized carbons (Fsp3) is 0.588. The molecule has 1 amide bonds. The van der Waals surface area contributed by atoms with Crippen LogP contribution in [0, 0.1) is 5.92 Å². The topological polar surface area (TPSA) is 41.6 Å². The average Bonchev–Trinajstić information content (AvgIpc) is 2.47. The lowest BCUT2D eigenvalue weighted by atomic mass is 9.97. The first kappa shape index (κ1) is 17.3. The molecule has 0 atom stereocenters. The molecule has 1 aliphatic rings. The summed E-state index contributed by atoms with van der Waals surface area (Å²) < 4.78 is 5.32. The lowest BCUT2D eigenvalue weighted by Crippen LogP contribution is -2.41. The number of morpholine rings is 1. The van der Waals surface area contributed by atoms with Crippen LogP contribution in [-0.2, 0) is 11.2 Å². The number of ether oxygens (including phenoxy) is 1. The molecule has 0 spiro atoms. The number of benzene rings is 1. The predicted octanol–water partition coefficient (Wildman–Crippen LogP) is 2.60. The van der Waals surface area contributed by atoms with Crippen molar-refractivity contribution in [2.75, 3.05) is 39.4 Å². The van der Waals surface area contributed by atoms with E-state index in [1.54, 1.807) is 6.07 Å². The number of hydrogen-bond acceptors (Lipinski definition) is 3. The lowest BCUT2D eigenvalue weighted by Gasteiger charge is -2.26. The van der Waals surface area contributed by atoms with Gasteiger partial charge in [-0.15, -0.1) is 0 Å². The summed E-state index contributed by atoms with van der Waals surface area (Å²) in [4.78, 5) is 14.7. The summed E-state index contributed by atoms with van der Waals surface area (Å²) in [7, 11) is 0. The molecule has 2 rings (SSSR count). The summed E-state index contributed by atoms with van der Waals surface area (Å²) in [6.07, 6.45) is 0.854. The van der Waals surface area contributed by atoms with Gasteiger partial charge in [0.2, 0.25) is 0 Å². The number of carbonyl (C=O) groups excluding carboxylic acids is 1. The molecule has 22 heavy (non-hydrogen) atoms. The maximum Gasteiger partial charge on any atom is 0.251 e. The minimum Gasteiger partial charge on any atom is -0.379 e. The fourth-order valence-corrected chi connectivity index (χ4v) is 2.83. The molecular formula is C17H25ClN2O2. The van der Waals surface area contributed by atoms with Crippen LogP contribution >= 0.6 is 11.6 Å². The number of halogens is 1. The fourth-order valence-electron chi connectivity index (χ4n) is 2.64. The average molecular weight is 325 g/mol. The molecule has 1 aliphatic heterocycles.